The Kier molecular flexibility index (Phi) is 4.28. The molecule has 1 saturated heterocycles. The van der Waals surface area contributed by atoms with Crippen LogP contribution in [0.1, 0.15) is 27.9 Å². The summed E-state index contributed by atoms with van der Waals surface area (Å²) in [4.78, 5) is 28.2. The highest BCUT2D eigenvalue weighted by atomic mass is 19.1. The molecule has 1 amide bonds. The summed E-state index contributed by atoms with van der Waals surface area (Å²) in [6.45, 7) is 3.17. The van der Waals surface area contributed by atoms with Crippen LogP contribution >= 0.6 is 0 Å². The molecule has 1 aliphatic rings. The molecule has 1 unspecified atom stereocenters. The Bertz CT molecular complexity index is 767. The number of hydrogen-bond acceptors (Lipinski definition) is 2. The number of aromatic nitrogens is 1. The van der Waals surface area contributed by atoms with Crippen molar-refractivity contribution in [2.24, 2.45) is 5.92 Å². The molecule has 2 aromatic rings. The van der Waals surface area contributed by atoms with Gasteiger partial charge in [0.1, 0.15) is 5.82 Å². The molecule has 0 radical (unpaired) electrons. The van der Waals surface area contributed by atoms with Crippen LogP contribution < -0.4 is 5.56 Å². The van der Waals surface area contributed by atoms with Gasteiger partial charge >= 0.3 is 0 Å². The molecule has 1 aromatic carbocycles. The van der Waals surface area contributed by atoms with E-state index in [-0.39, 0.29) is 17.3 Å². The molecular formula is C18H19FN2O2. The Morgan fingerprint density at radius 1 is 1.35 bits per heavy atom. The third-order valence-electron chi connectivity index (χ3n) is 4.37. The number of rotatable bonds is 3. The lowest BCUT2D eigenvalue weighted by atomic mass is 9.99. The SMILES string of the molecule is Cc1cc(=O)[nH]cc1C(=O)N1CCC(Cc2ccc(F)cc2)C1. The Labute approximate surface area is 134 Å². The largest absolute Gasteiger partial charge is 0.338 e. The van der Waals surface area contributed by atoms with Crippen LogP contribution in [0.25, 0.3) is 0 Å². The summed E-state index contributed by atoms with van der Waals surface area (Å²) in [5.41, 5.74) is 2.13. The number of carbonyl (C=O) groups excluding carboxylic acids is 1. The van der Waals surface area contributed by atoms with Gasteiger partial charge in [-0.3, -0.25) is 9.59 Å². The summed E-state index contributed by atoms with van der Waals surface area (Å²) in [5, 5.41) is 0. The van der Waals surface area contributed by atoms with Gasteiger partial charge in [0.05, 0.1) is 5.56 Å². The average Bonchev–Trinajstić information content (AvgIpc) is 2.97. The van der Waals surface area contributed by atoms with Crippen molar-refractivity contribution in [3.63, 3.8) is 0 Å². The molecule has 0 aliphatic carbocycles. The number of nitrogens with one attached hydrogen (secondary N) is 1. The molecule has 1 fully saturated rings. The Morgan fingerprint density at radius 2 is 2.09 bits per heavy atom. The number of H-pyrrole nitrogens is 1. The van der Waals surface area contributed by atoms with E-state index < -0.39 is 0 Å². The predicted molar refractivity (Wildman–Crippen MR) is 85.9 cm³/mol. The molecule has 1 aromatic heterocycles. The van der Waals surface area contributed by atoms with Gasteiger partial charge in [-0.25, -0.2) is 4.39 Å². The van der Waals surface area contributed by atoms with Crippen LogP contribution in [0.15, 0.2) is 41.3 Å². The van der Waals surface area contributed by atoms with Gasteiger partial charge < -0.3 is 9.88 Å². The zero-order valence-electron chi connectivity index (χ0n) is 13.0. The van der Waals surface area contributed by atoms with Crippen molar-refractivity contribution in [3.8, 4) is 0 Å². The summed E-state index contributed by atoms with van der Waals surface area (Å²) in [7, 11) is 0. The highest BCUT2D eigenvalue weighted by molar-refractivity contribution is 5.95. The second-order valence-corrected chi connectivity index (χ2v) is 6.13. The number of aromatic amines is 1. The second kappa shape index (κ2) is 6.36. The summed E-state index contributed by atoms with van der Waals surface area (Å²) >= 11 is 0. The number of aryl methyl sites for hydroxylation is 1. The van der Waals surface area contributed by atoms with Gasteiger partial charge in [-0.05, 0) is 48.9 Å². The molecule has 120 valence electrons. The minimum absolute atomic E-state index is 0.0413. The van der Waals surface area contributed by atoms with Gasteiger partial charge in [0.2, 0.25) is 5.56 Å². The maximum Gasteiger partial charge on any atom is 0.255 e. The number of nitrogens with zero attached hydrogens (tertiary/aromatic N) is 1. The highest BCUT2D eigenvalue weighted by Gasteiger charge is 2.27. The van der Waals surface area contributed by atoms with Crippen molar-refractivity contribution < 1.29 is 9.18 Å². The van der Waals surface area contributed by atoms with Crippen LogP contribution in [0.5, 0.6) is 0 Å². The van der Waals surface area contributed by atoms with Crippen LogP contribution in [-0.4, -0.2) is 28.9 Å². The molecule has 4 nitrogen and oxygen atoms in total. The smallest absolute Gasteiger partial charge is 0.255 e. The van der Waals surface area contributed by atoms with Crippen molar-refractivity contribution in [1.29, 1.82) is 0 Å². The minimum atomic E-state index is -0.231. The first kappa shape index (κ1) is 15.5. The van der Waals surface area contributed by atoms with E-state index in [9.17, 15) is 14.0 Å². The number of amides is 1. The Balaban J connectivity index is 1.66. The Hall–Kier alpha value is -2.43. The van der Waals surface area contributed by atoms with Crippen LogP contribution in [0.3, 0.4) is 0 Å². The predicted octanol–water partition coefficient (Wildman–Crippen LogP) is 2.53. The maximum atomic E-state index is 12.9. The molecular weight excluding hydrogens is 295 g/mol. The van der Waals surface area contributed by atoms with Crippen molar-refractivity contribution in [2.75, 3.05) is 13.1 Å². The van der Waals surface area contributed by atoms with Crippen LogP contribution in [0, 0.1) is 18.7 Å². The number of pyridine rings is 1. The highest BCUT2D eigenvalue weighted by Crippen LogP contribution is 2.23. The minimum Gasteiger partial charge on any atom is -0.338 e. The summed E-state index contributed by atoms with van der Waals surface area (Å²) in [5.74, 6) is 0.110. The lowest BCUT2D eigenvalue weighted by Gasteiger charge is -2.17. The number of hydrogen-bond donors (Lipinski definition) is 1. The molecule has 1 atom stereocenters. The van der Waals surface area contributed by atoms with Gasteiger partial charge in [-0.2, -0.15) is 0 Å². The molecule has 5 heteroatoms. The first-order chi connectivity index (χ1) is 11.0. The topological polar surface area (TPSA) is 53.2 Å². The molecule has 0 spiro atoms. The third-order valence-corrected chi connectivity index (χ3v) is 4.37. The number of likely N-dealkylation sites (tertiary alicyclic amines) is 1. The van der Waals surface area contributed by atoms with E-state index in [4.69, 9.17) is 0 Å². The number of carbonyl (C=O) groups is 1. The van der Waals surface area contributed by atoms with Gasteiger partial charge in [0.25, 0.3) is 5.91 Å². The zero-order chi connectivity index (χ0) is 16.4. The van der Waals surface area contributed by atoms with Crippen molar-refractivity contribution in [2.45, 2.75) is 19.8 Å². The lowest BCUT2D eigenvalue weighted by Crippen LogP contribution is -2.30. The molecule has 2 heterocycles. The van der Waals surface area contributed by atoms with Gasteiger partial charge in [0.15, 0.2) is 0 Å². The fourth-order valence-electron chi connectivity index (χ4n) is 3.11. The fourth-order valence-corrected chi connectivity index (χ4v) is 3.11. The van der Waals surface area contributed by atoms with Crippen molar-refractivity contribution >= 4 is 5.91 Å². The summed E-state index contributed by atoms with van der Waals surface area (Å²) in [6, 6.07) is 7.98. The fraction of sp³-hybridized carbons (Fsp3) is 0.333. The van der Waals surface area contributed by atoms with E-state index in [0.29, 0.717) is 30.1 Å². The van der Waals surface area contributed by atoms with Crippen LogP contribution in [0.4, 0.5) is 4.39 Å². The molecule has 0 saturated carbocycles. The lowest BCUT2D eigenvalue weighted by molar-refractivity contribution is 0.0786. The first-order valence-corrected chi connectivity index (χ1v) is 7.76. The van der Waals surface area contributed by atoms with E-state index in [0.717, 1.165) is 18.4 Å². The summed E-state index contributed by atoms with van der Waals surface area (Å²) in [6.07, 6.45) is 3.27. The maximum absolute atomic E-state index is 12.9. The second-order valence-electron chi connectivity index (χ2n) is 6.13. The van der Waals surface area contributed by atoms with Gasteiger partial charge in [-0.15, -0.1) is 0 Å². The van der Waals surface area contributed by atoms with E-state index in [1.165, 1.54) is 24.4 Å². The molecule has 1 N–H and O–H groups in total. The third kappa shape index (κ3) is 3.50. The standard InChI is InChI=1S/C18H19FN2O2/c1-12-8-17(22)20-10-16(12)18(23)21-7-6-14(11-21)9-13-2-4-15(19)5-3-13/h2-5,8,10,14H,6-7,9,11H2,1H3,(H,20,22). The van der Waals surface area contributed by atoms with Crippen molar-refractivity contribution in [1.82, 2.24) is 9.88 Å². The molecule has 0 bridgehead atoms. The van der Waals surface area contributed by atoms with E-state index in [2.05, 4.69) is 4.98 Å². The van der Waals surface area contributed by atoms with Crippen molar-refractivity contribution in [3.05, 3.63) is 69.4 Å². The Morgan fingerprint density at radius 3 is 2.78 bits per heavy atom. The molecule has 1 aliphatic heterocycles. The van der Waals surface area contributed by atoms with Gasteiger partial charge in [-0.1, -0.05) is 12.1 Å². The first-order valence-electron chi connectivity index (χ1n) is 7.76. The number of benzene rings is 1. The van der Waals surface area contributed by atoms with E-state index >= 15 is 0 Å². The molecule has 3 rings (SSSR count). The average molecular weight is 314 g/mol. The van der Waals surface area contributed by atoms with Gasteiger partial charge in [0, 0.05) is 25.4 Å². The monoisotopic (exact) mass is 314 g/mol. The quantitative estimate of drug-likeness (QED) is 0.946. The zero-order valence-corrected chi connectivity index (χ0v) is 13.0. The van der Waals surface area contributed by atoms with E-state index in [1.807, 2.05) is 4.90 Å². The van der Waals surface area contributed by atoms with Crippen LogP contribution in [0.2, 0.25) is 0 Å². The number of halogens is 1. The normalized spacial score (nSPS) is 17.5. The van der Waals surface area contributed by atoms with Crippen LogP contribution in [-0.2, 0) is 6.42 Å². The molecule has 23 heavy (non-hydrogen) atoms. The summed E-state index contributed by atoms with van der Waals surface area (Å²) < 4.78 is 12.9. The van der Waals surface area contributed by atoms with E-state index in [1.54, 1.807) is 19.1 Å².